The van der Waals surface area contributed by atoms with Crippen molar-refractivity contribution in [1.29, 1.82) is 0 Å². The second kappa shape index (κ2) is 6.90. The van der Waals surface area contributed by atoms with Gasteiger partial charge in [0.15, 0.2) is 5.82 Å². The van der Waals surface area contributed by atoms with Crippen molar-refractivity contribution < 1.29 is 4.74 Å². The molecule has 2 aromatic carbocycles. The van der Waals surface area contributed by atoms with E-state index < -0.39 is 0 Å². The van der Waals surface area contributed by atoms with Crippen LogP contribution in [0.15, 0.2) is 53.3 Å². The van der Waals surface area contributed by atoms with Crippen LogP contribution in [0.25, 0.3) is 22.4 Å². The van der Waals surface area contributed by atoms with Gasteiger partial charge in [-0.25, -0.2) is 0 Å². The average molecular weight is 384 g/mol. The van der Waals surface area contributed by atoms with Crippen molar-refractivity contribution in [3.05, 3.63) is 74.0 Å². The molecule has 0 bridgehead atoms. The van der Waals surface area contributed by atoms with Crippen molar-refractivity contribution in [3.8, 4) is 17.1 Å². The van der Waals surface area contributed by atoms with E-state index in [4.69, 9.17) is 16.3 Å². The number of hydrogen-bond donors (Lipinski definition) is 0. The Morgan fingerprint density at radius 3 is 2.54 bits per heavy atom. The minimum absolute atomic E-state index is 0.174. The highest BCUT2D eigenvalue weighted by Gasteiger charge is 2.11. The topological polar surface area (TPSA) is 56.5 Å². The molecule has 0 saturated carbocycles. The number of halogens is 1. The Bertz CT molecular complexity index is 1160. The Morgan fingerprint density at radius 1 is 1.15 bits per heavy atom. The third kappa shape index (κ3) is 3.21. The molecule has 0 amide bonds. The molecular weight excluding hydrogens is 370 g/mol. The Balaban J connectivity index is 1.71. The van der Waals surface area contributed by atoms with Gasteiger partial charge in [0.25, 0.3) is 5.56 Å². The summed E-state index contributed by atoms with van der Waals surface area (Å²) >= 11 is 7.22. The summed E-state index contributed by atoms with van der Waals surface area (Å²) in [4.78, 5) is 17.6. The Hall–Kier alpha value is -2.70. The average Bonchev–Trinajstić information content (AvgIpc) is 3.18. The van der Waals surface area contributed by atoms with E-state index in [2.05, 4.69) is 10.1 Å². The lowest BCUT2D eigenvalue weighted by molar-refractivity contribution is 0.340. The molecule has 4 rings (SSSR count). The number of thiazole rings is 1. The lowest BCUT2D eigenvalue weighted by Gasteiger charge is -2.01. The zero-order chi connectivity index (χ0) is 18.1. The van der Waals surface area contributed by atoms with E-state index in [0.717, 1.165) is 16.9 Å². The van der Waals surface area contributed by atoms with Crippen LogP contribution in [0.2, 0.25) is 5.02 Å². The number of hydrogen-bond acceptors (Lipinski definition) is 5. The van der Waals surface area contributed by atoms with Gasteiger partial charge in [-0.1, -0.05) is 35.1 Å². The summed E-state index contributed by atoms with van der Waals surface area (Å²) in [5.74, 6) is 1.32. The summed E-state index contributed by atoms with van der Waals surface area (Å²) in [7, 11) is 0. The van der Waals surface area contributed by atoms with Crippen LogP contribution < -0.4 is 14.8 Å². The molecule has 7 heteroatoms. The van der Waals surface area contributed by atoms with E-state index in [1.807, 2.05) is 49.4 Å². The first-order valence-corrected chi connectivity index (χ1v) is 9.23. The highest BCUT2D eigenvalue weighted by molar-refractivity contribution is 7.15. The molecule has 0 unspecified atom stereocenters. The molecule has 2 aromatic heterocycles. The minimum atomic E-state index is -0.174. The molecule has 0 saturated heterocycles. The van der Waals surface area contributed by atoms with Crippen molar-refractivity contribution in [3.63, 3.8) is 0 Å². The molecule has 0 radical (unpaired) electrons. The maximum Gasteiger partial charge on any atom is 0.291 e. The normalized spacial score (nSPS) is 12.0. The van der Waals surface area contributed by atoms with E-state index in [9.17, 15) is 4.79 Å². The van der Waals surface area contributed by atoms with E-state index in [1.165, 1.54) is 15.9 Å². The number of rotatable bonds is 4. The summed E-state index contributed by atoms with van der Waals surface area (Å²) in [6, 6.07) is 14.8. The monoisotopic (exact) mass is 383 g/mol. The fraction of sp³-hybridized carbons (Fsp3) is 0.105. The molecule has 130 valence electrons. The Kier molecular flexibility index (Phi) is 4.44. The smallest absolute Gasteiger partial charge is 0.291 e. The van der Waals surface area contributed by atoms with Crippen molar-refractivity contribution in [2.75, 3.05) is 6.61 Å². The number of fused-ring (bicyclic) bond motifs is 1. The summed E-state index contributed by atoms with van der Waals surface area (Å²) in [5, 5.41) is 4.98. The molecule has 0 aliphatic rings. The molecule has 0 atom stereocenters. The fourth-order valence-corrected chi connectivity index (χ4v) is 3.57. The van der Waals surface area contributed by atoms with Gasteiger partial charge in [0.1, 0.15) is 5.75 Å². The predicted molar refractivity (Wildman–Crippen MR) is 104 cm³/mol. The second-order valence-electron chi connectivity index (χ2n) is 5.55. The van der Waals surface area contributed by atoms with Gasteiger partial charge in [-0.3, -0.25) is 4.79 Å². The van der Waals surface area contributed by atoms with E-state index >= 15 is 0 Å². The number of aromatic nitrogens is 3. The first-order valence-electron chi connectivity index (χ1n) is 8.04. The summed E-state index contributed by atoms with van der Waals surface area (Å²) in [5.41, 5.74) is 1.57. The van der Waals surface area contributed by atoms with Gasteiger partial charge >= 0.3 is 0 Å². The zero-order valence-electron chi connectivity index (χ0n) is 13.8. The summed E-state index contributed by atoms with van der Waals surface area (Å²) in [6.45, 7) is 2.56. The van der Waals surface area contributed by atoms with Gasteiger partial charge in [-0.15, -0.1) is 5.10 Å². The lowest BCUT2D eigenvalue weighted by atomic mass is 10.2. The quantitative estimate of drug-likeness (QED) is 0.542. The van der Waals surface area contributed by atoms with Crippen molar-refractivity contribution in [2.24, 2.45) is 0 Å². The van der Waals surface area contributed by atoms with E-state index in [0.29, 0.717) is 26.9 Å². The number of benzene rings is 2. The molecule has 5 nitrogen and oxygen atoms in total. The Morgan fingerprint density at radius 2 is 1.88 bits per heavy atom. The zero-order valence-corrected chi connectivity index (χ0v) is 15.4. The second-order valence-corrected chi connectivity index (χ2v) is 7.00. The molecule has 0 aliphatic carbocycles. The van der Waals surface area contributed by atoms with Crippen LogP contribution in [0, 0.1) is 0 Å². The fourth-order valence-electron chi connectivity index (χ4n) is 2.53. The molecule has 0 spiro atoms. The van der Waals surface area contributed by atoms with Crippen LogP contribution in [0.4, 0.5) is 0 Å². The number of nitrogens with zero attached hydrogens (tertiary/aromatic N) is 3. The van der Waals surface area contributed by atoms with Gasteiger partial charge in [0, 0.05) is 10.6 Å². The maximum atomic E-state index is 12.6. The minimum Gasteiger partial charge on any atom is -0.494 e. The van der Waals surface area contributed by atoms with Crippen molar-refractivity contribution in [1.82, 2.24) is 14.6 Å². The Labute approximate surface area is 158 Å². The molecule has 26 heavy (non-hydrogen) atoms. The molecule has 0 aliphatic heterocycles. The molecule has 4 aromatic rings. The standard InChI is InChI=1S/C19H14ClN3O2S/c1-2-25-15-9-3-12(4-10-15)11-16-18(24)23-19(26-16)21-17(22-23)13-5-7-14(20)8-6-13/h3-11H,2H2,1H3/b16-11-. The molecule has 0 fully saturated rings. The maximum absolute atomic E-state index is 12.6. The largest absolute Gasteiger partial charge is 0.494 e. The molecule has 0 N–H and O–H groups in total. The van der Waals surface area contributed by atoms with Crippen LogP contribution in [0.5, 0.6) is 5.75 Å². The SMILES string of the molecule is CCOc1ccc(/C=c2\sc3nc(-c4ccc(Cl)cc4)nn3c2=O)cc1. The van der Waals surface area contributed by atoms with Crippen LogP contribution in [-0.2, 0) is 0 Å². The lowest BCUT2D eigenvalue weighted by Crippen LogP contribution is -2.23. The highest BCUT2D eigenvalue weighted by atomic mass is 35.5. The summed E-state index contributed by atoms with van der Waals surface area (Å²) in [6.07, 6.45) is 1.83. The van der Waals surface area contributed by atoms with Gasteiger partial charge in [-0.2, -0.15) is 9.50 Å². The van der Waals surface area contributed by atoms with Gasteiger partial charge < -0.3 is 4.74 Å². The van der Waals surface area contributed by atoms with Gasteiger partial charge in [0.2, 0.25) is 4.96 Å². The van der Waals surface area contributed by atoms with Crippen molar-refractivity contribution in [2.45, 2.75) is 6.92 Å². The van der Waals surface area contributed by atoms with E-state index in [-0.39, 0.29) is 5.56 Å². The molecular formula is C19H14ClN3O2S. The van der Waals surface area contributed by atoms with Crippen molar-refractivity contribution >= 4 is 34.0 Å². The van der Waals surface area contributed by atoms with Crippen LogP contribution in [0.1, 0.15) is 12.5 Å². The first-order chi connectivity index (χ1) is 12.6. The number of ether oxygens (including phenoxy) is 1. The van der Waals surface area contributed by atoms with Gasteiger partial charge in [-0.05, 0) is 55.0 Å². The third-order valence-electron chi connectivity index (χ3n) is 3.77. The third-order valence-corrected chi connectivity index (χ3v) is 4.98. The highest BCUT2D eigenvalue weighted by Crippen LogP contribution is 2.19. The van der Waals surface area contributed by atoms with Gasteiger partial charge in [0.05, 0.1) is 11.1 Å². The summed E-state index contributed by atoms with van der Waals surface area (Å²) < 4.78 is 7.36. The van der Waals surface area contributed by atoms with Crippen LogP contribution in [-0.4, -0.2) is 21.2 Å². The first kappa shape index (κ1) is 16.8. The van der Waals surface area contributed by atoms with Crippen LogP contribution >= 0.6 is 22.9 Å². The van der Waals surface area contributed by atoms with Crippen LogP contribution in [0.3, 0.4) is 0 Å². The van der Waals surface area contributed by atoms with E-state index in [1.54, 1.807) is 12.1 Å². The molecule has 2 heterocycles. The predicted octanol–water partition coefficient (Wildman–Crippen LogP) is 3.42.